The number of nitrogens with zero attached hydrogens (tertiary/aromatic N) is 1. The van der Waals surface area contributed by atoms with Gasteiger partial charge in [0.15, 0.2) is 0 Å². The lowest BCUT2D eigenvalue weighted by Crippen LogP contribution is -2.27. The lowest BCUT2D eigenvalue weighted by Gasteiger charge is -2.12. The fourth-order valence-corrected chi connectivity index (χ4v) is 3.01. The van der Waals surface area contributed by atoms with E-state index in [9.17, 15) is 8.42 Å². The van der Waals surface area contributed by atoms with E-state index in [0.717, 1.165) is 24.1 Å². The summed E-state index contributed by atoms with van der Waals surface area (Å²) in [4.78, 5) is 2.36. The molecular formula is C14H25N3O2S. The second kappa shape index (κ2) is 7.73. The van der Waals surface area contributed by atoms with E-state index in [0.29, 0.717) is 18.0 Å². The number of benzene rings is 1. The van der Waals surface area contributed by atoms with Crippen LogP contribution in [-0.4, -0.2) is 47.6 Å². The van der Waals surface area contributed by atoms with Crippen LogP contribution in [-0.2, 0) is 16.6 Å². The van der Waals surface area contributed by atoms with Gasteiger partial charge in [-0.2, -0.15) is 0 Å². The van der Waals surface area contributed by atoms with Gasteiger partial charge in [-0.15, -0.1) is 0 Å². The average Bonchev–Trinajstić information content (AvgIpc) is 2.37. The van der Waals surface area contributed by atoms with Crippen LogP contribution in [0, 0.1) is 6.92 Å². The summed E-state index contributed by atoms with van der Waals surface area (Å²) in [5.74, 6) is 0. The molecule has 0 unspecified atom stereocenters. The molecule has 114 valence electrons. The van der Waals surface area contributed by atoms with Crippen molar-refractivity contribution >= 4 is 10.0 Å². The molecule has 0 aliphatic heterocycles. The second-order valence-corrected chi connectivity index (χ2v) is 6.94. The summed E-state index contributed by atoms with van der Waals surface area (Å²) in [5, 5.41) is 3.05. The van der Waals surface area contributed by atoms with Gasteiger partial charge in [-0.1, -0.05) is 6.07 Å². The molecule has 0 bridgehead atoms. The molecule has 6 heteroatoms. The standard InChI is InChI=1S/C14H25N3O2S/c1-12-6-7-14(10-13(12)11-15-2)20(18,19)16-8-5-9-17(3)4/h6-7,10,15-16H,5,8-9,11H2,1-4H3. The van der Waals surface area contributed by atoms with E-state index >= 15 is 0 Å². The molecule has 2 N–H and O–H groups in total. The molecule has 0 radical (unpaired) electrons. The fraction of sp³-hybridized carbons (Fsp3) is 0.571. The quantitative estimate of drug-likeness (QED) is 0.702. The van der Waals surface area contributed by atoms with Crippen LogP contribution in [0.1, 0.15) is 17.5 Å². The van der Waals surface area contributed by atoms with E-state index in [2.05, 4.69) is 10.0 Å². The Morgan fingerprint density at radius 2 is 1.95 bits per heavy atom. The molecule has 0 saturated carbocycles. The number of hydrogen-bond donors (Lipinski definition) is 2. The van der Waals surface area contributed by atoms with Crippen molar-refractivity contribution in [3.8, 4) is 0 Å². The lowest BCUT2D eigenvalue weighted by atomic mass is 10.1. The Morgan fingerprint density at radius 1 is 1.25 bits per heavy atom. The Morgan fingerprint density at radius 3 is 2.55 bits per heavy atom. The Balaban J connectivity index is 2.74. The van der Waals surface area contributed by atoms with Gasteiger partial charge in [0, 0.05) is 13.1 Å². The number of sulfonamides is 1. The van der Waals surface area contributed by atoms with Crippen LogP contribution in [0.2, 0.25) is 0 Å². The molecule has 0 atom stereocenters. The maximum Gasteiger partial charge on any atom is 0.240 e. The summed E-state index contributed by atoms with van der Waals surface area (Å²) in [5.41, 5.74) is 2.09. The highest BCUT2D eigenvalue weighted by molar-refractivity contribution is 7.89. The third kappa shape index (κ3) is 5.20. The van der Waals surface area contributed by atoms with Gasteiger partial charge in [0.2, 0.25) is 10.0 Å². The van der Waals surface area contributed by atoms with Crippen molar-refractivity contribution in [3.63, 3.8) is 0 Å². The van der Waals surface area contributed by atoms with Crippen molar-refractivity contribution in [1.29, 1.82) is 0 Å². The van der Waals surface area contributed by atoms with Gasteiger partial charge in [0.05, 0.1) is 4.90 Å². The van der Waals surface area contributed by atoms with E-state index < -0.39 is 10.0 Å². The molecule has 0 amide bonds. The van der Waals surface area contributed by atoms with E-state index in [1.165, 1.54) is 0 Å². The minimum Gasteiger partial charge on any atom is -0.316 e. The van der Waals surface area contributed by atoms with Crippen LogP contribution < -0.4 is 10.0 Å². The zero-order valence-electron chi connectivity index (χ0n) is 12.7. The molecule has 1 aromatic carbocycles. The first-order valence-electron chi connectivity index (χ1n) is 6.75. The van der Waals surface area contributed by atoms with Crippen molar-refractivity contribution in [2.24, 2.45) is 0 Å². The van der Waals surface area contributed by atoms with Crippen LogP contribution in [0.5, 0.6) is 0 Å². The van der Waals surface area contributed by atoms with E-state index in [1.54, 1.807) is 12.1 Å². The first kappa shape index (κ1) is 17.1. The Labute approximate surface area is 122 Å². The van der Waals surface area contributed by atoms with Crippen molar-refractivity contribution in [3.05, 3.63) is 29.3 Å². The molecule has 0 fully saturated rings. The van der Waals surface area contributed by atoms with Gasteiger partial charge < -0.3 is 10.2 Å². The summed E-state index contributed by atoms with van der Waals surface area (Å²) >= 11 is 0. The number of hydrogen-bond acceptors (Lipinski definition) is 4. The summed E-state index contributed by atoms with van der Waals surface area (Å²) < 4.78 is 27.0. The largest absolute Gasteiger partial charge is 0.316 e. The average molecular weight is 299 g/mol. The first-order valence-corrected chi connectivity index (χ1v) is 8.23. The molecule has 0 aliphatic rings. The van der Waals surface area contributed by atoms with Gasteiger partial charge >= 0.3 is 0 Å². The normalized spacial score (nSPS) is 12.1. The van der Waals surface area contributed by atoms with Gasteiger partial charge in [-0.05, 0) is 64.3 Å². The molecular weight excluding hydrogens is 274 g/mol. The first-order chi connectivity index (χ1) is 9.36. The highest BCUT2D eigenvalue weighted by atomic mass is 32.2. The fourth-order valence-electron chi connectivity index (χ4n) is 1.88. The molecule has 5 nitrogen and oxygen atoms in total. The van der Waals surface area contributed by atoms with E-state index in [4.69, 9.17) is 0 Å². The van der Waals surface area contributed by atoms with Crippen LogP contribution >= 0.6 is 0 Å². The Kier molecular flexibility index (Phi) is 6.61. The highest BCUT2D eigenvalue weighted by Crippen LogP contribution is 2.15. The van der Waals surface area contributed by atoms with Crippen molar-refractivity contribution in [1.82, 2.24) is 14.9 Å². The third-order valence-electron chi connectivity index (χ3n) is 3.07. The van der Waals surface area contributed by atoms with Crippen molar-refractivity contribution in [2.45, 2.75) is 24.8 Å². The van der Waals surface area contributed by atoms with Gasteiger partial charge in [-0.25, -0.2) is 13.1 Å². The predicted octanol–water partition coefficient (Wildman–Crippen LogP) is 0.944. The van der Waals surface area contributed by atoms with Crippen LogP contribution in [0.3, 0.4) is 0 Å². The zero-order valence-corrected chi connectivity index (χ0v) is 13.5. The van der Waals surface area contributed by atoms with Gasteiger partial charge in [0.25, 0.3) is 0 Å². The van der Waals surface area contributed by atoms with Crippen LogP contribution in [0.25, 0.3) is 0 Å². The summed E-state index contributed by atoms with van der Waals surface area (Å²) in [6.07, 6.45) is 0.793. The maximum atomic E-state index is 12.2. The second-order valence-electron chi connectivity index (χ2n) is 5.17. The smallest absolute Gasteiger partial charge is 0.240 e. The summed E-state index contributed by atoms with van der Waals surface area (Å²) in [6.45, 7) is 3.96. The summed E-state index contributed by atoms with van der Waals surface area (Å²) in [7, 11) is 2.38. The van der Waals surface area contributed by atoms with Crippen molar-refractivity contribution < 1.29 is 8.42 Å². The lowest BCUT2D eigenvalue weighted by molar-refractivity contribution is 0.400. The maximum absolute atomic E-state index is 12.2. The molecule has 0 heterocycles. The monoisotopic (exact) mass is 299 g/mol. The number of rotatable bonds is 8. The van der Waals surface area contributed by atoms with Gasteiger partial charge in [0.1, 0.15) is 0 Å². The molecule has 0 spiro atoms. The van der Waals surface area contributed by atoms with Crippen molar-refractivity contribution in [2.75, 3.05) is 34.2 Å². The Hall–Kier alpha value is -0.950. The molecule has 1 aromatic rings. The number of aryl methyl sites for hydroxylation is 1. The van der Waals surface area contributed by atoms with Crippen LogP contribution in [0.15, 0.2) is 23.1 Å². The van der Waals surface area contributed by atoms with E-state index in [-0.39, 0.29) is 0 Å². The molecule has 1 rings (SSSR count). The molecule has 0 aromatic heterocycles. The minimum absolute atomic E-state index is 0.332. The zero-order chi connectivity index (χ0) is 15.2. The number of nitrogens with one attached hydrogen (secondary N) is 2. The molecule has 0 saturated heterocycles. The highest BCUT2D eigenvalue weighted by Gasteiger charge is 2.14. The molecule has 20 heavy (non-hydrogen) atoms. The predicted molar refractivity (Wildman–Crippen MR) is 82.3 cm³/mol. The minimum atomic E-state index is -3.41. The van der Waals surface area contributed by atoms with Crippen LogP contribution in [0.4, 0.5) is 0 Å². The van der Waals surface area contributed by atoms with Gasteiger partial charge in [-0.3, -0.25) is 0 Å². The third-order valence-corrected chi connectivity index (χ3v) is 4.53. The topological polar surface area (TPSA) is 61.4 Å². The molecule has 0 aliphatic carbocycles. The van der Waals surface area contributed by atoms with E-state index in [1.807, 2.05) is 39.0 Å². The summed E-state index contributed by atoms with van der Waals surface area (Å²) in [6, 6.07) is 5.24. The Bertz CT molecular complexity index is 527. The SMILES string of the molecule is CNCc1cc(S(=O)(=O)NCCCN(C)C)ccc1C.